The van der Waals surface area contributed by atoms with Crippen LogP contribution in [0.15, 0.2) is 16.6 Å². The van der Waals surface area contributed by atoms with E-state index in [1.807, 2.05) is 19.9 Å². The first-order chi connectivity index (χ1) is 8.99. The van der Waals surface area contributed by atoms with Gasteiger partial charge in [-0.25, -0.2) is 0 Å². The molecule has 0 aromatic heterocycles. The van der Waals surface area contributed by atoms with Gasteiger partial charge in [0.2, 0.25) is 5.91 Å². The predicted molar refractivity (Wildman–Crippen MR) is 75.3 cm³/mol. The second kappa shape index (κ2) is 5.79. The largest absolute Gasteiger partial charge is 0.486 e. The molecule has 0 saturated carbocycles. The van der Waals surface area contributed by atoms with Crippen LogP contribution in [0.4, 0.5) is 0 Å². The first-order valence-corrected chi connectivity index (χ1v) is 6.92. The third kappa shape index (κ3) is 3.19. The lowest BCUT2D eigenvalue weighted by Gasteiger charge is -2.23. The number of nitrogens with two attached hydrogens (primary N) is 1. The van der Waals surface area contributed by atoms with Crippen molar-refractivity contribution in [1.82, 2.24) is 5.32 Å². The number of benzene rings is 1. The topological polar surface area (TPSA) is 73.6 Å². The molecule has 0 radical (unpaired) electrons. The summed E-state index contributed by atoms with van der Waals surface area (Å²) in [4.78, 5) is 11.6. The van der Waals surface area contributed by atoms with Gasteiger partial charge in [-0.15, -0.1) is 0 Å². The van der Waals surface area contributed by atoms with Crippen molar-refractivity contribution in [3.63, 3.8) is 0 Å². The molecule has 3 N–H and O–H groups in total. The van der Waals surface area contributed by atoms with Gasteiger partial charge in [-0.05, 0) is 47.5 Å². The van der Waals surface area contributed by atoms with E-state index in [4.69, 9.17) is 15.2 Å². The molecule has 1 aliphatic heterocycles. The fraction of sp³-hybridized carbons (Fsp3) is 0.462. The van der Waals surface area contributed by atoms with E-state index in [1.165, 1.54) is 0 Å². The molecule has 1 atom stereocenters. The number of halogens is 1. The van der Waals surface area contributed by atoms with Gasteiger partial charge in [0, 0.05) is 6.04 Å². The number of carbonyl (C=O) groups excluding carboxylic acids is 1. The lowest BCUT2D eigenvalue weighted by molar-refractivity contribution is -0.120. The summed E-state index contributed by atoms with van der Waals surface area (Å²) in [7, 11) is 0. The van der Waals surface area contributed by atoms with Crippen LogP contribution in [0.2, 0.25) is 0 Å². The Labute approximate surface area is 120 Å². The highest BCUT2D eigenvalue weighted by Crippen LogP contribution is 2.39. The first kappa shape index (κ1) is 14.1. The number of ether oxygens (including phenoxy) is 2. The molecule has 2 rings (SSSR count). The van der Waals surface area contributed by atoms with E-state index >= 15 is 0 Å². The highest BCUT2D eigenvalue weighted by atomic mass is 79.9. The zero-order valence-electron chi connectivity index (χ0n) is 10.9. The van der Waals surface area contributed by atoms with E-state index in [0.717, 1.165) is 10.0 Å². The molecule has 0 spiro atoms. The van der Waals surface area contributed by atoms with Gasteiger partial charge in [0.1, 0.15) is 19.3 Å². The highest BCUT2D eigenvalue weighted by molar-refractivity contribution is 9.10. The Morgan fingerprint density at radius 3 is 2.68 bits per heavy atom. The number of hydrogen-bond acceptors (Lipinski definition) is 4. The molecule has 6 heteroatoms. The molecule has 19 heavy (non-hydrogen) atoms. The van der Waals surface area contributed by atoms with Crippen molar-refractivity contribution in [2.75, 3.05) is 13.2 Å². The average Bonchev–Trinajstić information content (AvgIpc) is 2.35. The summed E-state index contributed by atoms with van der Waals surface area (Å²) < 4.78 is 11.8. The van der Waals surface area contributed by atoms with Gasteiger partial charge in [-0.1, -0.05) is 0 Å². The molecule has 1 heterocycles. The Balaban J connectivity index is 2.37. The molecule has 1 amide bonds. The molecule has 0 bridgehead atoms. The fourth-order valence-corrected chi connectivity index (χ4v) is 2.55. The van der Waals surface area contributed by atoms with Crippen molar-refractivity contribution in [2.24, 2.45) is 5.73 Å². The molecule has 0 fully saturated rings. The molecule has 0 aliphatic carbocycles. The number of primary amides is 1. The molecule has 104 valence electrons. The molecule has 1 aromatic carbocycles. The van der Waals surface area contributed by atoms with Crippen molar-refractivity contribution in [3.05, 3.63) is 22.2 Å². The second-order valence-corrected chi connectivity index (χ2v) is 5.54. The summed E-state index contributed by atoms with van der Waals surface area (Å²) in [6.45, 7) is 4.95. The summed E-state index contributed by atoms with van der Waals surface area (Å²) in [6.07, 6.45) is 0. The van der Waals surface area contributed by atoms with E-state index in [9.17, 15) is 4.79 Å². The Hall–Kier alpha value is -1.27. The van der Waals surface area contributed by atoms with Gasteiger partial charge in [-0.3, -0.25) is 10.1 Å². The van der Waals surface area contributed by atoms with Gasteiger partial charge >= 0.3 is 0 Å². The fourth-order valence-electron chi connectivity index (χ4n) is 1.97. The maximum atomic E-state index is 11.6. The normalized spacial score (nSPS) is 15.4. The Morgan fingerprint density at radius 2 is 2.05 bits per heavy atom. The predicted octanol–water partition coefficient (Wildman–Crippen LogP) is 1.74. The van der Waals surface area contributed by atoms with E-state index in [0.29, 0.717) is 24.7 Å². The zero-order valence-corrected chi connectivity index (χ0v) is 12.5. The third-order valence-electron chi connectivity index (χ3n) is 2.74. The number of rotatable bonds is 4. The van der Waals surface area contributed by atoms with Crippen LogP contribution in [-0.4, -0.2) is 25.2 Å². The van der Waals surface area contributed by atoms with Crippen LogP contribution in [0.25, 0.3) is 0 Å². The molecular formula is C13H17BrN2O3. The number of fused-ring (bicyclic) bond motifs is 1. The quantitative estimate of drug-likeness (QED) is 0.883. The number of hydrogen-bond donors (Lipinski definition) is 2. The van der Waals surface area contributed by atoms with Crippen LogP contribution in [0.1, 0.15) is 25.5 Å². The molecule has 1 aromatic rings. The van der Waals surface area contributed by atoms with Gasteiger partial charge in [0.05, 0.1) is 4.47 Å². The van der Waals surface area contributed by atoms with Crippen molar-refractivity contribution in [1.29, 1.82) is 0 Å². The van der Waals surface area contributed by atoms with Gasteiger partial charge in [-0.2, -0.15) is 0 Å². The maximum absolute atomic E-state index is 11.6. The lowest BCUT2D eigenvalue weighted by atomic mass is 10.0. The van der Waals surface area contributed by atoms with E-state index in [2.05, 4.69) is 21.2 Å². The summed E-state index contributed by atoms with van der Waals surface area (Å²) >= 11 is 3.43. The minimum absolute atomic E-state index is 0.143. The van der Waals surface area contributed by atoms with E-state index < -0.39 is 11.9 Å². The van der Waals surface area contributed by atoms with Crippen molar-refractivity contribution >= 4 is 21.8 Å². The van der Waals surface area contributed by atoms with Crippen LogP contribution >= 0.6 is 15.9 Å². The van der Waals surface area contributed by atoms with Crippen LogP contribution in [-0.2, 0) is 4.79 Å². The van der Waals surface area contributed by atoms with Crippen LogP contribution < -0.4 is 20.5 Å². The van der Waals surface area contributed by atoms with Gasteiger partial charge < -0.3 is 15.2 Å². The van der Waals surface area contributed by atoms with E-state index in [-0.39, 0.29) is 6.04 Å². The summed E-state index contributed by atoms with van der Waals surface area (Å²) in [5.74, 6) is 0.882. The number of carbonyl (C=O) groups is 1. The minimum Gasteiger partial charge on any atom is -0.486 e. The van der Waals surface area contributed by atoms with Gasteiger partial charge in [0.25, 0.3) is 0 Å². The first-order valence-electron chi connectivity index (χ1n) is 6.13. The summed E-state index contributed by atoms with van der Waals surface area (Å²) in [5, 5.41) is 3.14. The Bertz CT molecular complexity index is 491. The monoisotopic (exact) mass is 328 g/mol. The Kier molecular flexibility index (Phi) is 4.31. The average molecular weight is 329 g/mol. The van der Waals surface area contributed by atoms with E-state index in [1.54, 1.807) is 6.07 Å². The minimum atomic E-state index is -0.549. The summed E-state index contributed by atoms with van der Waals surface area (Å²) in [5.41, 5.74) is 6.22. The van der Waals surface area contributed by atoms with Crippen LogP contribution in [0.5, 0.6) is 11.5 Å². The Morgan fingerprint density at radius 1 is 1.37 bits per heavy atom. The zero-order chi connectivity index (χ0) is 14.0. The molecule has 5 nitrogen and oxygen atoms in total. The highest BCUT2D eigenvalue weighted by Gasteiger charge is 2.23. The molecule has 0 saturated heterocycles. The smallest absolute Gasteiger partial charge is 0.239 e. The van der Waals surface area contributed by atoms with Crippen molar-refractivity contribution in [2.45, 2.75) is 25.9 Å². The number of amides is 1. The molecule has 1 aliphatic rings. The molecular weight excluding hydrogens is 312 g/mol. The van der Waals surface area contributed by atoms with Crippen molar-refractivity contribution < 1.29 is 14.3 Å². The van der Waals surface area contributed by atoms with Crippen LogP contribution in [0.3, 0.4) is 0 Å². The van der Waals surface area contributed by atoms with Crippen LogP contribution in [0, 0.1) is 0 Å². The standard InChI is InChI=1S/C13H17BrN2O3/c1-7(2)16-11(13(15)17)8-5-9(14)12-10(6-8)18-3-4-19-12/h5-7,11,16H,3-4H2,1-2H3,(H2,15,17). The second-order valence-electron chi connectivity index (χ2n) is 4.68. The SMILES string of the molecule is CC(C)NC(C(N)=O)c1cc(Br)c2c(c1)OCCO2. The maximum Gasteiger partial charge on any atom is 0.239 e. The lowest BCUT2D eigenvalue weighted by Crippen LogP contribution is -2.37. The number of nitrogens with one attached hydrogen (secondary N) is 1. The molecule has 1 unspecified atom stereocenters. The summed E-state index contributed by atoms with van der Waals surface area (Å²) in [6, 6.07) is 3.22. The third-order valence-corrected chi connectivity index (χ3v) is 3.33. The van der Waals surface area contributed by atoms with Gasteiger partial charge in [0.15, 0.2) is 11.5 Å². The van der Waals surface area contributed by atoms with Crippen molar-refractivity contribution in [3.8, 4) is 11.5 Å².